The Balaban J connectivity index is 1.36. The summed E-state index contributed by atoms with van der Waals surface area (Å²) in [5.74, 6) is 2.58. The van der Waals surface area contributed by atoms with E-state index < -0.39 is 0 Å². The van der Waals surface area contributed by atoms with Gasteiger partial charge in [-0.3, -0.25) is 4.90 Å². The topological polar surface area (TPSA) is 67.4 Å². The second-order valence-corrected chi connectivity index (χ2v) is 7.94. The molecule has 0 bridgehead atoms. The van der Waals surface area contributed by atoms with E-state index in [2.05, 4.69) is 34.6 Å². The predicted molar refractivity (Wildman–Crippen MR) is 120 cm³/mol. The van der Waals surface area contributed by atoms with Gasteiger partial charge < -0.3 is 24.8 Å². The Bertz CT molecular complexity index is 631. The zero-order valence-corrected chi connectivity index (χ0v) is 18.4. The van der Waals surface area contributed by atoms with E-state index in [-0.39, 0.29) is 0 Å². The van der Waals surface area contributed by atoms with Crippen LogP contribution >= 0.6 is 0 Å². The maximum absolute atomic E-state index is 5.95. The number of hydrogen-bond donors (Lipinski definition) is 2. The molecule has 0 radical (unpaired) electrons. The highest BCUT2D eigenvalue weighted by Gasteiger charge is 2.20. The van der Waals surface area contributed by atoms with Crippen molar-refractivity contribution < 1.29 is 14.2 Å². The maximum atomic E-state index is 5.95. The van der Waals surface area contributed by atoms with Crippen molar-refractivity contribution >= 4 is 5.96 Å². The van der Waals surface area contributed by atoms with E-state index in [1.165, 1.54) is 12.8 Å². The summed E-state index contributed by atoms with van der Waals surface area (Å²) in [7, 11) is 0. The van der Waals surface area contributed by atoms with Crippen LogP contribution in [-0.4, -0.2) is 76.6 Å². The first-order valence-corrected chi connectivity index (χ1v) is 11.4. The molecule has 0 aromatic heterocycles. The van der Waals surface area contributed by atoms with Crippen molar-refractivity contribution in [3.8, 4) is 5.75 Å². The molecule has 0 atom stereocenters. The molecule has 7 heteroatoms. The molecule has 7 nitrogen and oxygen atoms in total. The van der Waals surface area contributed by atoms with Gasteiger partial charge in [0.25, 0.3) is 0 Å². The Morgan fingerprint density at radius 2 is 2.07 bits per heavy atom. The molecule has 0 spiro atoms. The van der Waals surface area contributed by atoms with Crippen LogP contribution in [0.25, 0.3) is 0 Å². The summed E-state index contributed by atoms with van der Waals surface area (Å²) in [6.45, 7) is 11.4. The summed E-state index contributed by atoms with van der Waals surface area (Å²) >= 11 is 0. The number of nitrogens with one attached hydrogen (secondary N) is 2. The number of rotatable bonds is 13. The van der Waals surface area contributed by atoms with Crippen LogP contribution in [0.5, 0.6) is 5.75 Å². The molecule has 3 rings (SSSR count). The van der Waals surface area contributed by atoms with Gasteiger partial charge in [-0.2, -0.15) is 0 Å². The fourth-order valence-electron chi connectivity index (χ4n) is 3.28. The van der Waals surface area contributed by atoms with E-state index >= 15 is 0 Å². The molecular formula is C23H38N4O3. The quantitative estimate of drug-likeness (QED) is 0.291. The van der Waals surface area contributed by atoms with Crippen molar-refractivity contribution in [2.45, 2.75) is 32.7 Å². The van der Waals surface area contributed by atoms with Crippen LogP contribution in [0.15, 0.2) is 29.3 Å². The summed E-state index contributed by atoms with van der Waals surface area (Å²) in [6.07, 6.45) is 3.68. The Kier molecular flexibility index (Phi) is 10.3. The van der Waals surface area contributed by atoms with Crippen LogP contribution in [0.2, 0.25) is 0 Å². The number of morpholine rings is 1. The lowest BCUT2D eigenvalue weighted by Gasteiger charge is -2.26. The molecule has 1 saturated carbocycles. The van der Waals surface area contributed by atoms with Crippen LogP contribution in [0.4, 0.5) is 0 Å². The van der Waals surface area contributed by atoms with Crippen LogP contribution in [-0.2, 0) is 16.0 Å². The third-order valence-corrected chi connectivity index (χ3v) is 5.25. The summed E-state index contributed by atoms with van der Waals surface area (Å²) in [4.78, 5) is 7.09. The lowest BCUT2D eigenvalue weighted by molar-refractivity contribution is 0.0322. The second-order valence-electron chi connectivity index (χ2n) is 7.94. The predicted octanol–water partition coefficient (Wildman–Crippen LogP) is 2.27. The van der Waals surface area contributed by atoms with Gasteiger partial charge >= 0.3 is 0 Å². The third-order valence-electron chi connectivity index (χ3n) is 5.25. The molecule has 2 fully saturated rings. The highest BCUT2D eigenvalue weighted by Crippen LogP contribution is 2.28. The first-order chi connectivity index (χ1) is 14.8. The van der Waals surface area contributed by atoms with Gasteiger partial charge in [0.05, 0.1) is 19.8 Å². The highest BCUT2D eigenvalue weighted by atomic mass is 16.5. The van der Waals surface area contributed by atoms with Crippen molar-refractivity contribution in [1.29, 1.82) is 0 Å². The van der Waals surface area contributed by atoms with Gasteiger partial charge in [-0.1, -0.05) is 12.1 Å². The van der Waals surface area contributed by atoms with E-state index in [1.54, 1.807) is 0 Å². The Morgan fingerprint density at radius 1 is 1.20 bits per heavy atom. The lowest BCUT2D eigenvalue weighted by atomic mass is 10.2. The molecule has 1 aliphatic carbocycles. The molecule has 1 saturated heterocycles. The van der Waals surface area contributed by atoms with Gasteiger partial charge in [0, 0.05) is 45.9 Å². The number of nitrogens with zero attached hydrogens (tertiary/aromatic N) is 2. The first kappa shape index (κ1) is 22.8. The van der Waals surface area contributed by atoms with Gasteiger partial charge in [0.1, 0.15) is 12.4 Å². The van der Waals surface area contributed by atoms with E-state index in [0.717, 1.165) is 88.8 Å². The third kappa shape index (κ3) is 9.32. The maximum Gasteiger partial charge on any atom is 0.191 e. The highest BCUT2D eigenvalue weighted by molar-refractivity contribution is 5.79. The summed E-state index contributed by atoms with van der Waals surface area (Å²) in [5.41, 5.74) is 1.14. The van der Waals surface area contributed by atoms with E-state index in [9.17, 15) is 0 Å². The van der Waals surface area contributed by atoms with E-state index in [0.29, 0.717) is 13.2 Å². The van der Waals surface area contributed by atoms with Gasteiger partial charge in [-0.25, -0.2) is 4.99 Å². The number of benzene rings is 1. The molecule has 30 heavy (non-hydrogen) atoms. The van der Waals surface area contributed by atoms with E-state index in [1.807, 2.05) is 12.1 Å². The molecule has 0 unspecified atom stereocenters. The second kappa shape index (κ2) is 13.5. The summed E-state index contributed by atoms with van der Waals surface area (Å²) < 4.78 is 17.0. The molecule has 2 aliphatic rings. The number of aliphatic imine (C=N–C) groups is 1. The molecule has 1 aromatic rings. The number of hydrogen-bond acceptors (Lipinski definition) is 5. The molecule has 2 N–H and O–H groups in total. The Labute approximate surface area is 181 Å². The average molecular weight is 419 g/mol. The van der Waals surface area contributed by atoms with Gasteiger partial charge in [-0.05, 0) is 49.8 Å². The molecular weight excluding hydrogens is 380 g/mol. The normalized spacial score (nSPS) is 17.7. The van der Waals surface area contributed by atoms with Crippen molar-refractivity contribution in [2.75, 3.05) is 65.8 Å². The number of ether oxygens (including phenoxy) is 3. The van der Waals surface area contributed by atoms with Gasteiger partial charge in [-0.15, -0.1) is 0 Å². The molecule has 1 aliphatic heterocycles. The average Bonchev–Trinajstić information content (AvgIpc) is 3.60. The van der Waals surface area contributed by atoms with Gasteiger partial charge in [0.15, 0.2) is 5.96 Å². The summed E-state index contributed by atoms with van der Waals surface area (Å²) in [5, 5.41) is 6.70. The monoisotopic (exact) mass is 418 g/mol. The van der Waals surface area contributed by atoms with Crippen LogP contribution in [0.3, 0.4) is 0 Å². The minimum atomic E-state index is 0.619. The standard InChI is InChI=1S/C23H38N4O3/c1-2-24-23(25-9-4-13-29-19-20-7-8-20)26-18-21-5-3-6-22(17-21)30-16-12-27-10-14-28-15-11-27/h3,5-6,17,20H,2,4,7-16,18-19H2,1H3,(H2,24,25,26). The zero-order chi connectivity index (χ0) is 20.9. The summed E-state index contributed by atoms with van der Waals surface area (Å²) in [6, 6.07) is 8.22. The van der Waals surface area contributed by atoms with Crippen LogP contribution < -0.4 is 15.4 Å². The Hall–Kier alpha value is -1.83. The van der Waals surface area contributed by atoms with Crippen molar-refractivity contribution in [3.63, 3.8) is 0 Å². The van der Waals surface area contributed by atoms with Crippen molar-refractivity contribution in [2.24, 2.45) is 10.9 Å². The molecule has 168 valence electrons. The van der Waals surface area contributed by atoms with Crippen molar-refractivity contribution in [3.05, 3.63) is 29.8 Å². The molecule has 1 aromatic carbocycles. The smallest absolute Gasteiger partial charge is 0.191 e. The van der Waals surface area contributed by atoms with Crippen LogP contribution in [0, 0.1) is 5.92 Å². The fourth-order valence-corrected chi connectivity index (χ4v) is 3.28. The minimum Gasteiger partial charge on any atom is -0.492 e. The zero-order valence-electron chi connectivity index (χ0n) is 18.4. The SMILES string of the molecule is CCNC(=NCc1cccc(OCCN2CCOCC2)c1)NCCCOCC1CC1. The fraction of sp³-hybridized carbons (Fsp3) is 0.696. The van der Waals surface area contributed by atoms with E-state index in [4.69, 9.17) is 19.2 Å². The number of guanidine groups is 1. The largest absolute Gasteiger partial charge is 0.492 e. The van der Waals surface area contributed by atoms with Gasteiger partial charge in [0.2, 0.25) is 0 Å². The molecule has 1 heterocycles. The lowest BCUT2D eigenvalue weighted by Crippen LogP contribution is -2.38. The Morgan fingerprint density at radius 3 is 2.87 bits per heavy atom. The molecule has 0 amide bonds. The van der Waals surface area contributed by atoms with Crippen LogP contribution in [0.1, 0.15) is 31.7 Å². The first-order valence-electron chi connectivity index (χ1n) is 11.4. The van der Waals surface area contributed by atoms with Crippen molar-refractivity contribution in [1.82, 2.24) is 15.5 Å². The minimum absolute atomic E-state index is 0.619.